The van der Waals surface area contributed by atoms with Gasteiger partial charge < -0.3 is 15.4 Å². The number of aromatic nitrogens is 1. The first kappa shape index (κ1) is 18.4. The third kappa shape index (κ3) is 5.60. The molecule has 6 nitrogen and oxygen atoms in total. The second kappa shape index (κ2) is 8.82. The SMILES string of the molecule is CCOC(=O)c1ccc(NC(=O)c2ccnc(NCC(C)C)c2)cc1. The monoisotopic (exact) mass is 341 g/mol. The molecule has 6 heteroatoms. The largest absolute Gasteiger partial charge is 0.462 e. The summed E-state index contributed by atoms with van der Waals surface area (Å²) >= 11 is 0. The number of hydrogen-bond donors (Lipinski definition) is 2. The van der Waals surface area contributed by atoms with E-state index in [1.165, 1.54) is 0 Å². The average molecular weight is 341 g/mol. The summed E-state index contributed by atoms with van der Waals surface area (Å²) in [5.41, 5.74) is 1.56. The highest BCUT2D eigenvalue weighted by Crippen LogP contribution is 2.14. The van der Waals surface area contributed by atoms with Gasteiger partial charge in [-0.05, 0) is 49.2 Å². The second-order valence-corrected chi connectivity index (χ2v) is 5.96. The van der Waals surface area contributed by atoms with Crippen molar-refractivity contribution in [3.8, 4) is 0 Å². The molecule has 0 aliphatic heterocycles. The number of ether oxygens (including phenoxy) is 1. The average Bonchev–Trinajstić information content (AvgIpc) is 2.61. The summed E-state index contributed by atoms with van der Waals surface area (Å²) in [4.78, 5) is 28.2. The lowest BCUT2D eigenvalue weighted by Gasteiger charge is -2.10. The molecule has 2 rings (SSSR count). The van der Waals surface area contributed by atoms with E-state index < -0.39 is 0 Å². The predicted octanol–water partition coefficient (Wildman–Crippen LogP) is 3.58. The maximum absolute atomic E-state index is 12.4. The van der Waals surface area contributed by atoms with Gasteiger partial charge in [-0.3, -0.25) is 4.79 Å². The first-order valence-electron chi connectivity index (χ1n) is 8.28. The van der Waals surface area contributed by atoms with Crippen LogP contribution in [0.25, 0.3) is 0 Å². The molecule has 25 heavy (non-hydrogen) atoms. The smallest absolute Gasteiger partial charge is 0.338 e. The minimum absolute atomic E-state index is 0.237. The van der Waals surface area contributed by atoms with Crippen LogP contribution in [0, 0.1) is 5.92 Å². The van der Waals surface area contributed by atoms with Crippen LogP contribution in [0.4, 0.5) is 11.5 Å². The number of esters is 1. The van der Waals surface area contributed by atoms with Crippen LogP contribution >= 0.6 is 0 Å². The number of carbonyl (C=O) groups is 2. The van der Waals surface area contributed by atoms with Gasteiger partial charge >= 0.3 is 5.97 Å². The van der Waals surface area contributed by atoms with Crippen LogP contribution in [0.15, 0.2) is 42.6 Å². The Morgan fingerprint density at radius 3 is 2.48 bits per heavy atom. The van der Waals surface area contributed by atoms with Gasteiger partial charge in [-0.25, -0.2) is 9.78 Å². The molecule has 0 unspecified atom stereocenters. The van der Waals surface area contributed by atoms with Crippen LogP contribution in [0.2, 0.25) is 0 Å². The summed E-state index contributed by atoms with van der Waals surface area (Å²) in [5, 5.41) is 5.99. The summed E-state index contributed by atoms with van der Waals surface area (Å²) in [5.74, 6) is 0.533. The number of anilines is 2. The minimum Gasteiger partial charge on any atom is -0.462 e. The Morgan fingerprint density at radius 1 is 1.12 bits per heavy atom. The highest BCUT2D eigenvalue weighted by Gasteiger charge is 2.10. The molecule has 1 amide bonds. The predicted molar refractivity (Wildman–Crippen MR) is 97.9 cm³/mol. The van der Waals surface area contributed by atoms with E-state index in [-0.39, 0.29) is 11.9 Å². The fourth-order valence-electron chi connectivity index (χ4n) is 2.08. The zero-order chi connectivity index (χ0) is 18.2. The molecule has 0 saturated heterocycles. The van der Waals surface area contributed by atoms with E-state index in [0.717, 1.165) is 6.54 Å². The number of rotatable bonds is 7. The van der Waals surface area contributed by atoms with Gasteiger partial charge in [0.25, 0.3) is 5.91 Å². The van der Waals surface area contributed by atoms with Crippen molar-refractivity contribution in [3.63, 3.8) is 0 Å². The van der Waals surface area contributed by atoms with Gasteiger partial charge in [-0.1, -0.05) is 13.8 Å². The van der Waals surface area contributed by atoms with Crippen molar-refractivity contribution < 1.29 is 14.3 Å². The molecule has 0 saturated carbocycles. The van der Waals surface area contributed by atoms with E-state index in [4.69, 9.17) is 4.74 Å². The molecule has 0 aliphatic rings. The zero-order valence-corrected chi connectivity index (χ0v) is 14.7. The van der Waals surface area contributed by atoms with Crippen LogP contribution in [0.3, 0.4) is 0 Å². The molecule has 2 aromatic rings. The van der Waals surface area contributed by atoms with Crippen LogP contribution < -0.4 is 10.6 Å². The number of benzene rings is 1. The molecule has 1 aromatic carbocycles. The Labute approximate surface area is 147 Å². The van der Waals surface area contributed by atoms with Crippen molar-refractivity contribution in [2.75, 3.05) is 23.8 Å². The van der Waals surface area contributed by atoms with E-state index in [9.17, 15) is 9.59 Å². The van der Waals surface area contributed by atoms with Gasteiger partial charge in [-0.2, -0.15) is 0 Å². The van der Waals surface area contributed by atoms with Gasteiger partial charge in [0.05, 0.1) is 12.2 Å². The molecule has 132 valence electrons. The summed E-state index contributed by atoms with van der Waals surface area (Å²) < 4.78 is 4.93. The Bertz CT molecular complexity index is 727. The molecule has 0 aliphatic carbocycles. The maximum Gasteiger partial charge on any atom is 0.338 e. The first-order chi connectivity index (χ1) is 12.0. The molecule has 2 N–H and O–H groups in total. The number of hydrogen-bond acceptors (Lipinski definition) is 5. The molecular weight excluding hydrogens is 318 g/mol. The van der Waals surface area contributed by atoms with Gasteiger partial charge in [0.1, 0.15) is 5.82 Å². The van der Waals surface area contributed by atoms with Crippen molar-refractivity contribution in [2.45, 2.75) is 20.8 Å². The van der Waals surface area contributed by atoms with Gasteiger partial charge in [0.2, 0.25) is 0 Å². The number of nitrogens with one attached hydrogen (secondary N) is 2. The van der Waals surface area contributed by atoms with Crippen LogP contribution in [0.5, 0.6) is 0 Å². The number of pyridine rings is 1. The Hall–Kier alpha value is -2.89. The first-order valence-corrected chi connectivity index (χ1v) is 8.28. The zero-order valence-electron chi connectivity index (χ0n) is 14.7. The van der Waals surface area contributed by atoms with E-state index in [1.807, 2.05) is 0 Å². The topological polar surface area (TPSA) is 80.3 Å². The standard InChI is InChI=1S/C19H23N3O3/c1-4-25-19(24)14-5-7-16(8-6-14)22-18(23)15-9-10-20-17(11-15)21-12-13(2)3/h5-11,13H,4,12H2,1-3H3,(H,20,21)(H,22,23). The summed E-state index contributed by atoms with van der Waals surface area (Å²) in [7, 11) is 0. The van der Waals surface area contributed by atoms with Gasteiger partial charge in [0.15, 0.2) is 0 Å². The lowest BCUT2D eigenvalue weighted by Crippen LogP contribution is -2.14. The lowest BCUT2D eigenvalue weighted by molar-refractivity contribution is 0.0526. The van der Waals surface area contributed by atoms with Crippen molar-refractivity contribution in [1.29, 1.82) is 0 Å². The van der Waals surface area contributed by atoms with E-state index in [2.05, 4.69) is 29.5 Å². The summed E-state index contributed by atoms with van der Waals surface area (Å²) in [6.45, 7) is 7.07. The Morgan fingerprint density at radius 2 is 1.84 bits per heavy atom. The molecule has 0 fully saturated rings. The fraction of sp³-hybridized carbons (Fsp3) is 0.316. The molecular formula is C19H23N3O3. The molecule has 0 bridgehead atoms. The highest BCUT2D eigenvalue weighted by molar-refractivity contribution is 6.04. The quantitative estimate of drug-likeness (QED) is 0.753. The number of nitrogens with zero attached hydrogens (tertiary/aromatic N) is 1. The highest BCUT2D eigenvalue weighted by atomic mass is 16.5. The number of carbonyl (C=O) groups excluding carboxylic acids is 2. The van der Waals surface area contributed by atoms with E-state index >= 15 is 0 Å². The van der Waals surface area contributed by atoms with Crippen LogP contribution in [0.1, 0.15) is 41.5 Å². The van der Waals surface area contributed by atoms with Crippen molar-refractivity contribution in [1.82, 2.24) is 4.98 Å². The molecule has 0 atom stereocenters. The summed E-state index contributed by atoms with van der Waals surface area (Å²) in [6.07, 6.45) is 1.60. The number of amides is 1. The van der Waals surface area contributed by atoms with Gasteiger partial charge in [-0.15, -0.1) is 0 Å². The molecule has 0 radical (unpaired) electrons. The van der Waals surface area contributed by atoms with Crippen LogP contribution in [-0.2, 0) is 4.74 Å². The van der Waals surface area contributed by atoms with Crippen molar-refractivity contribution in [3.05, 3.63) is 53.7 Å². The Balaban J connectivity index is 2.02. The van der Waals surface area contributed by atoms with Crippen molar-refractivity contribution in [2.24, 2.45) is 5.92 Å². The molecule has 1 heterocycles. The fourth-order valence-corrected chi connectivity index (χ4v) is 2.08. The lowest BCUT2D eigenvalue weighted by atomic mass is 10.2. The third-order valence-electron chi connectivity index (χ3n) is 3.37. The molecule has 1 aromatic heterocycles. The Kier molecular flexibility index (Phi) is 6.51. The second-order valence-electron chi connectivity index (χ2n) is 5.96. The van der Waals surface area contributed by atoms with Crippen LogP contribution in [-0.4, -0.2) is 30.0 Å². The minimum atomic E-state index is -0.379. The maximum atomic E-state index is 12.4. The van der Waals surface area contributed by atoms with E-state index in [1.54, 1.807) is 49.5 Å². The normalized spacial score (nSPS) is 10.4. The molecule has 0 spiro atoms. The van der Waals surface area contributed by atoms with Gasteiger partial charge in [0, 0.05) is 24.0 Å². The van der Waals surface area contributed by atoms with E-state index in [0.29, 0.717) is 35.2 Å². The third-order valence-corrected chi connectivity index (χ3v) is 3.37. The summed E-state index contributed by atoms with van der Waals surface area (Å²) in [6, 6.07) is 9.95. The van der Waals surface area contributed by atoms with Crippen molar-refractivity contribution >= 4 is 23.4 Å².